The summed E-state index contributed by atoms with van der Waals surface area (Å²) in [7, 11) is 1.62. The highest BCUT2D eigenvalue weighted by Crippen LogP contribution is 2.39. The number of carbonyl (C=O) groups excluding carboxylic acids is 3. The smallest absolute Gasteiger partial charge is 0.313 e. The van der Waals surface area contributed by atoms with E-state index in [1.165, 1.54) is 21.8 Å². The van der Waals surface area contributed by atoms with E-state index in [0.717, 1.165) is 38.4 Å². The molecular formula is C49H43N7O8. The fourth-order valence-corrected chi connectivity index (χ4v) is 7.73. The molecule has 0 bridgehead atoms. The van der Waals surface area contributed by atoms with Crippen molar-refractivity contribution in [1.29, 1.82) is 0 Å². The van der Waals surface area contributed by atoms with Crippen LogP contribution in [0.4, 0.5) is 0 Å². The maximum Gasteiger partial charge on any atom is 0.313 e. The number of ether oxygens (including phenoxy) is 3. The zero-order chi connectivity index (χ0) is 44.6. The summed E-state index contributed by atoms with van der Waals surface area (Å²) < 4.78 is 21.1. The summed E-state index contributed by atoms with van der Waals surface area (Å²) in [5.41, 5.74) is 6.03. The number of aromatic hydroxyl groups is 2. The first-order chi connectivity index (χ1) is 30.9. The Bertz CT molecular complexity index is 3150. The number of rotatable bonds is 12. The second-order valence-electron chi connectivity index (χ2n) is 15.7. The maximum atomic E-state index is 13.4. The highest BCUT2D eigenvalue weighted by molar-refractivity contribution is 6.01. The summed E-state index contributed by atoms with van der Waals surface area (Å²) in [6.07, 6.45) is 5.39. The quantitative estimate of drug-likeness (QED) is 0.100. The van der Waals surface area contributed by atoms with Gasteiger partial charge < -0.3 is 39.0 Å². The fourth-order valence-electron chi connectivity index (χ4n) is 7.73. The molecule has 0 saturated heterocycles. The molecule has 5 heterocycles. The molecule has 9 rings (SSSR count). The average Bonchev–Trinajstić information content (AvgIpc) is 3.88. The molecule has 2 amide bonds. The van der Waals surface area contributed by atoms with Gasteiger partial charge in [-0.1, -0.05) is 32.0 Å². The molecule has 322 valence electrons. The van der Waals surface area contributed by atoms with Gasteiger partial charge >= 0.3 is 5.97 Å². The number of fused-ring (bicyclic) bond motifs is 5. The SMILES string of the molecule is CCNC(=O)c1nnc(-c2cc(C(C)C)c(O)cc2O)n1-c1ccc(Oc2ccc(C(=O)N(C)CCC(=O)OC3=COCc4cn5cc6cc7ccccc7nc6c5cc43)cc2)cc1. The van der Waals surface area contributed by atoms with Gasteiger partial charge in [0.2, 0.25) is 5.82 Å². The Hall–Kier alpha value is -8.20. The minimum absolute atomic E-state index is 0.00727. The third kappa shape index (κ3) is 7.90. The Kier molecular flexibility index (Phi) is 10.9. The normalized spacial score (nSPS) is 12.2. The maximum absolute atomic E-state index is 13.4. The molecule has 0 fully saturated rings. The number of phenolic OH excluding ortho intramolecular Hbond substituents is 2. The molecule has 1 aliphatic heterocycles. The second kappa shape index (κ2) is 16.9. The largest absolute Gasteiger partial charge is 0.508 e. The van der Waals surface area contributed by atoms with Crippen LogP contribution in [0.2, 0.25) is 0 Å². The molecular weight excluding hydrogens is 815 g/mol. The number of hydrogen-bond acceptors (Lipinski definition) is 11. The van der Waals surface area contributed by atoms with Crippen LogP contribution in [0, 0.1) is 0 Å². The summed E-state index contributed by atoms with van der Waals surface area (Å²) in [6, 6.07) is 28.4. The minimum Gasteiger partial charge on any atom is -0.508 e. The molecule has 0 atom stereocenters. The van der Waals surface area contributed by atoms with E-state index in [1.54, 1.807) is 68.6 Å². The Labute approximate surface area is 366 Å². The van der Waals surface area contributed by atoms with Crippen molar-refractivity contribution in [3.05, 3.63) is 144 Å². The third-order valence-electron chi connectivity index (χ3n) is 11.0. The topological polar surface area (TPSA) is 183 Å². The van der Waals surface area contributed by atoms with Crippen molar-refractivity contribution in [3.63, 3.8) is 0 Å². The van der Waals surface area contributed by atoms with Crippen LogP contribution >= 0.6 is 0 Å². The van der Waals surface area contributed by atoms with Gasteiger partial charge in [-0.05, 0) is 91.2 Å². The average molecular weight is 858 g/mol. The van der Waals surface area contributed by atoms with Crippen LogP contribution in [0.25, 0.3) is 50.2 Å². The highest BCUT2D eigenvalue weighted by Gasteiger charge is 2.25. The summed E-state index contributed by atoms with van der Waals surface area (Å²) in [6.45, 7) is 6.42. The summed E-state index contributed by atoms with van der Waals surface area (Å²) >= 11 is 0. The Balaban J connectivity index is 0.841. The Morgan fingerprint density at radius 3 is 2.38 bits per heavy atom. The first kappa shape index (κ1) is 41.2. The molecule has 4 aromatic carbocycles. The fraction of sp³-hybridized carbons (Fsp3) is 0.184. The zero-order valence-electron chi connectivity index (χ0n) is 35.4. The number of phenols is 2. The van der Waals surface area contributed by atoms with E-state index in [1.807, 2.05) is 61.0 Å². The van der Waals surface area contributed by atoms with E-state index in [0.29, 0.717) is 52.8 Å². The van der Waals surface area contributed by atoms with Gasteiger partial charge in [-0.15, -0.1) is 10.2 Å². The molecule has 15 heteroatoms. The molecule has 4 aromatic heterocycles. The van der Waals surface area contributed by atoms with Crippen molar-refractivity contribution in [3.8, 4) is 40.1 Å². The summed E-state index contributed by atoms with van der Waals surface area (Å²) in [5, 5.41) is 34.5. The number of pyridine rings is 2. The molecule has 64 heavy (non-hydrogen) atoms. The minimum atomic E-state index is -0.513. The molecule has 0 radical (unpaired) electrons. The lowest BCUT2D eigenvalue weighted by Crippen LogP contribution is -2.29. The van der Waals surface area contributed by atoms with Crippen LogP contribution in [0.15, 0.2) is 116 Å². The highest BCUT2D eigenvalue weighted by atomic mass is 16.6. The van der Waals surface area contributed by atoms with Gasteiger partial charge in [0.25, 0.3) is 11.8 Å². The number of nitrogens with zero attached hydrogens (tertiary/aromatic N) is 6. The Morgan fingerprint density at radius 2 is 1.62 bits per heavy atom. The van der Waals surface area contributed by atoms with Gasteiger partial charge in [-0.3, -0.25) is 19.0 Å². The van der Waals surface area contributed by atoms with Gasteiger partial charge in [0.1, 0.15) is 35.9 Å². The van der Waals surface area contributed by atoms with Crippen molar-refractivity contribution in [2.24, 2.45) is 0 Å². The molecule has 0 unspecified atom stereocenters. The second-order valence-corrected chi connectivity index (χ2v) is 15.7. The lowest BCUT2D eigenvalue weighted by Gasteiger charge is -2.20. The van der Waals surface area contributed by atoms with Crippen LogP contribution in [-0.4, -0.2) is 77.2 Å². The van der Waals surface area contributed by atoms with Crippen LogP contribution in [0.3, 0.4) is 0 Å². The van der Waals surface area contributed by atoms with E-state index < -0.39 is 11.9 Å². The lowest BCUT2D eigenvalue weighted by atomic mass is 9.98. The number of carbonyl (C=O) groups is 3. The molecule has 0 spiro atoms. The summed E-state index contributed by atoms with van der Waals surface area (Å²) in [4.78, 5) is 45.9. The molecule has 0 aliphatic carbocycles. The van der Waals surface area contributed by atoms with E-state index >= 15 is 0 Å². The van der Waals surface area contributed by atoms with Crippen LogP contribution < -0.4 is 10.1 Å². The molecule has 8 aromatic rings. The van der Waals surface area contributed by atoms with Crippen molar-refractivity contribution in [2.45, 2.75) is 39.7 Å². The molecule has 0 saturated carbocycles. The van der Waals surface area contributed by atoms with Gasteiger partial charge in [0.05, 0.1) is 28.5 Å². The monoisotopic (exact) mass is 857 g/mol. The van der Waals surface area contributed by atoms with E-state index in [4.69, 9.17) is 19.2 Å². The first-order valence-corrected chi connectivity index (χ1v) is 20.7. The zero-order valence-corrected chi connectivity index (χ0v) is 35.4. The predicted octanol–water partition coefficient (Wildman–Crippen LogP) is 8.50. The molecule has 1 aliphatic rings. The first-order valence-electron chi connectivity index (χ1n) is 20.7. The predicted molar refractivity (Wildman–Crippen MR) is 239 cm³/mol. The standard InChI is InChI=1S/C49H43N7O8/c1-5-50-48(60)47-53-52-46(38-21-36(28(2)3)41(57)23-42(38)58)56(47)33-12-16-35(17-13-33)63-34-14-10-29(11-15-34)49(61)54(4)19-18-44(59)64-43-27-62-26-32-25-55-24-31-20-30-8-6-7-9-39(30)51-45(31)40(55)22-37(32)43/h6-17,20-25,27-28,57-58H,5,18-19,26H2,1-4H3,(H,50,60). The number of esters is 1. The Morgan fingerprint density at radius 1 is 0.875 bits per heavy atom. The van der Waals surface area contributed by atoms with Crippen molar-refractivity contribution in [2.75, 3.05) is 20.1 Å². The number of hydrogen-bond donors (Lipinski definition) is 3. The summed E-state index contributed by atoms with van der Waals surface area (Å²) in [5.74, 6) is -0.129. The van der Waals surface area contributed by atoms with E-state index in [-0.39, 0.29) is 47.9 Å². The van der Waals surface area contributed by atoms with Crippen molar-refractivity contribution in [1.82, 2.24) is 34.4 Å². The van der Waals surface area contributed by atoms with E-state index in [9.17, 15) is 24.6 Å². The van der Waals surface area contributed by atoms with Crippen molar-refractivity contribution >= 4 is 50.9 Å². The van der Waals surface area contributed by atoms with Crippen molar-refractivity contribution < 1.29 is 38.8 Å². The van der Waals surface area contributed by atoms with Crippen LogP contribution in [0.5, 0.6) is 23.0 Å². The van der Waals surface area contributed by atoms with Gasteiger partial charge in [0, 0.05) is 71.7 Å². The molecule has 15 nitrogen and oxygen atoms in total. The number of aromatic nitrogens is 5. The third-order valence-corrected chi connectivity index (χ3v) is 11.0. The van der Waals surface area contributed by atoms with Crippen LogP contribution in [0.1, 0.15) is 70.8 Å². The lowest BCUT2D eigenvalue weighted by molar-refractivity contribution is -0.137. The van der Waals surface area contributed by atoms with Gasteiger partial charge in [0.15, 0.2) is 11.6 Å². The van der Waals surface area contributed by atoms with Gasteiger partial charge in [-0.25, -0.2) is 4.98 Å². The number of benzene rings is 4. The molecule has 3 N–H and O–H groups in total. The van der Waals surface area contributed by atoms with E-state index in [2.05, 4.69) is 21.6 Å². The number of para-hydroxylation sites is 1. The van der Waals surface area contributed by atoms with Gasteiger partial charge in [-0.2, -0.15) is 0 Å². The number of nitrogens with one attached hydrogen (secondary N) is 1. The number of amides is 2. The van der Waals surface area contributed by atoms with Crippen LogP contribution in [-0.2, 0) is 20.9 Å².